The SMILES string of the molecule is Cc1ccc(C(N)(N)Br)cc1. The average molecular weight is 215 g/mol. The van der Waals surface area contributed by atoms with E-state index in [1.165, 1.54) is 5.56 Å². The van der Waals surface area contributed by atoms with Gasteiger partial charge in [0.25, 0.3) is 0 Å². The molecule has 11 heavy (non-hydrogen) atoms. The molecule has 0 unspecified atom stereocenters. The molecule has 1 rings (SSSR count). The van der Waals surface area contributed by atoms with Gasteiger partial charge in [-0.05, 0) is 28.4 Å². The molecule has 0 bridgehead atoms. The summed E-state index contributed by atoms with van der Waals surface area (Å²) in [5.41, 5.74) is 13.3. The van der Waals surface area contributed by atoms with Gasteiger partial charge in [-0.2, -0.15) is 0 Å². The molecule has 0 amide bonds. The van der Waals surface area contributed by atoms with Crippen LogP contribution in [-0.2, 0) is 4.57 Å². The van der Waals surface area contributed by atoms with Crippen LogP contribution in [0.25, 0.3) is 0 Å². The number of aryl methyl sites for hydroxylation is 1. The second-order valence-electron chi connectivity index (χ2n) is 2.63. The first-order chi connectivity index (χ1) is 5.00. The lowest BCUT2D eigenvalue weighted by molar-refractivity contribution is 0.714. The van der Waals surface area contributed by atoms with Gasteiger partial charge in [-0.15, -0.1) is 0 Å². The highest BCUT2D eigenvalue weighted by Crippen LogP contribution is 2.18. The predicted molar refractivity (Wildman–Crippen MR) is 50.2 cm³/mol. The van der Waals surface area contributed by atoms with Crippen molar-refractivity contribution in [3.63, 3.8) is 0 Å². The summed E-state index contributed by atoms with van der Waals surface area (Å²) in [6.07, 6.45) is 0. The van der Waals surface area contributed by atoms with Crippen molar-refractivity contribution in [2.75, 3.05) is 0 Å². The van der Waals surface area contributed by atoms with E-state index in [1.807, 2.05) is 31.2 Å². The Morgan fingerprint density at radius 2 is 1.64 bits per heavy atom. The van der Waals surface area contributed by atoms with Gasteiger partial charge in [0.2, 0.25) is 0 Å². The van der Waals surface area contributed by atoms with Crippen LogP contribution in [0.4, 0.5) is 0 Å². The Morgan fingerprint density at radius 1 is 1.18 bits per heavy atom. The zero-order valence-electron chi connectivity index (χ0n) is 6.34. The first-order valence-electron chi connectivity index (χ1n) is 3.34. The molecule has 0 spiro atoms. The maximum absolute atomic E-state index is 5.60. The van der Waals surface area contributed by atoms with E-state index in [-0.39, 0.29) is 0 Å². The predicted octanol–water partition coefficient (Wildman–Crippen LogP) is 1.42. The molecule has 1 aromatic rings. The van der Waals surface area contributed by atoms with Crippen LogP contribution >= 0.6 is 15.9 Å². The molecule has 0 atom stereocenters. The van der Waals surface area contributed by atoms with E-state index < -0.39 is 4.57 Å². The molecule has 0 heterocycles. The second kappa shape index (κ2) is 2.93. The molecular weight excluding hydrogens is 204 g/mol. The molecule has 0 saturated heterocycles. The van der Waals surface area contributed by atoms with Crippen LogP contribution in [0.2, 0.25) is 0 Å². The minimum absolute atomic E-state index is 0.878. The smallest absolute Gasteiger partial charge is 0.147 e. The van der Waals surface area contributed by atoms with Gasteiger partial charge in [0.05, 0.1) is 0 Å². The Morgan fingerprint density at radius 3 is 2.00 bits per heavy atom. The monoisotopic (exact) mass is 214 g/mol. The summed E-state index contributed by atoms with van der Waals surface area (Å²) in [5, 5.41) is 0. The molecular formula is C8H11BrN2. The summed E-state index contributed by atoms with van der Waals surface area (Å²) in [7, 11) is 0. The van der Waals surface area contributed by atoms with E-state index in [1.54, 1.807) is 0 Å². The van der Waals surface area contributed by atoms with E-state index in [4.69, 9.17) is 11.5 Å². The molecule has 3 heteroatoms. The summed E-state index contributed by atoms with van der Waals surface area (Å²) in [4.78, 5) is 0. The molecule has 2 nitrogen and oxygen atoms in total. The standard InChI is InChI=1S/C8H11BrN2/c1-6-2-4-7(5-3-6)8(9,10)11/h2-5H,10-11H2,1H3. The number of rotatable bonds is 1. The quantitative estimate of drug-likeness (QED) is 0.423. The first kappa shape index (κ1) is 8.71. The number of alkyl halides is 1. The first-order valence-corrected chi connectivity index (χ1v) is 4.13. The van der Waals surface area contributed by atoms with Gasteiger partial charge in [0, 0.05) is 0 Å². The summed E-state index contributed by atoms with van der Waals surface area (Å²) >= 11 is 3.17. The Balaban J connectivity index is 2.99. The minimum atomic E-state index is -0.902. The fourth-order valence-electron chi connectivity index (χ4n) is 0.809. The van der Waals surface area contributed by atoms with Crippen LogP contribution in [-0.4, -0.2) is 0 Å². The van der Waals surface area contributed by atoms with Gasteiger partial charge < -0.3 is 11.5 Å². The van der Waals surface area contributed by atoms with Gasteiger partial charge in [-0.25, -0.2) is 0 Å². The highest BCUT2D eigenvalue weighted by atomic mass is 79.9. The third kappa shape index (κ3) is 2.29. The third-order valence-corrected chi connectivity index (χ3v) is 1.95. The van der Waals surface area contributed by atoms with Crippen molar-refractivity contribution in [1.29, 1.82) is 0 Å². The summed E-state index contributed by atoms with van der Waals surface area (Å²) in [6, 6.07) is 7.77. The van der Waals surface area contributed by atoms with E-state index in [9.17, 15) is 0 Å². The molecule has 4 N–H and O–H groups in total. The lowest BCUT2D eigenvalue weighted by Crippen LogP contribution is -2.39. The number of hydrogen-bond acceptors (Lipinski definition) is 2. The summed E-state index contributed by atoms with van der Waals surface area (Å²) in [5.74, 6) is 0. The largest absolute Gasteiger partial charge is 0.301 e. The van der Waals surface area contributed by atoms with E-state index in [0.29, 0.717) is 0 Å². The number of nitrogens with two attached hydrogens (primary N) is 2. The minimum Gasteiger partial charge on any atom is -0.301 e. The van der Waals surface area contributed by atoms with Gasteiger partial charge in [0.15, 0.2) is 0 Å². The molecule has 1 aromatic carbocycles. The van der Waals surface area contributed by atoms with Crippen LogP contribution in [0.1, 0.15) is 11.1 Å². The molecule has 0 aliphatic carbocycles. The maximum atomic E-state index is 5.60. The molecule has 0 radical (unpaired) electrons. The van der Waals surface area contributed by atoms with Crippen molar-refractivity contribution in [3.05, 3.63) is 35.4 Å². The lowest BCUT2D eigenvalue weighted by Gasteiger charge is -2.16. The van der Waals surface area contributed by atoms with Crippen molar-refractivity contribution in [1.82, 2.24) is 0 Å². The van der Waals surface area contributed by atoms with Crippen LogP contribution in [0.15, 0.2) is 24.3 Å². The van der Waals surface area contributed by atoms with Crippen LogP contribution in [0.5, 0.6) is 0 Å². The zero-order valence-corrected chi connectivity index (χ0v) is 7.93. The number of halogens is 1. The number of benzene rings is 1. The Labute approximate surface area is 74.7 Å². The fraction of sp³-hybridized carbons (Fsp3) is 0.250. The van der Waals surface area contributed by atoms with E-state index in [0.717, 1.165) is 5.56 Å². The van der Waals surface area contributed by atoms with Crippen molar-refractivity contribution >= 4 is 15.9 Å². The second-order valence-corrected chi connectivity index (χ2v) is 3.95. The molecule has 0 fully saturated rings. The van der Waals surface area contributed by atoms with Crippen LogP contribution in [0, 0.1) is 6.92 Å². The lowest BCUT2D eigenvalue weighted by atomic mass is 10.1. The summed E-state index contributed by atoms with van der Waals surface area (Å²) in [6.45, 7) is 2.02. The Kier molecular flexibility index (Phi) is 2.32. The molecule has 0 aliphatic heterocycles. The van der Waals surface area contributed by atoms with Crippen LogP contribution < -0.4 is 11.5 Å². The summed E-state index contributed by atoms with van der Waals surface area (Å²) < 4.78 is -0.902. The zero-order chi connectivity index (χ0) is 8.48. The number of hydrogen-bond donors (Lipinski definition) is 2. The Hall–Kier alpha value is -0.380. The van der Waals surface area contributed by atoms with Crippen molar-refractivity contribution in [2.45, 2.75) is 11.5 Å². The maximum Gasteiger partial charge on any atom is 0.147 e. The van der Waals surface area contributed by atoms with Crippen molar-refractivity contribution in [2.24, 2.45) is 11.5 Å². The third-order valence-electron chi connectivity index (χ3n) is 1.49. The van der Waals surface area contributed by atoms with Crippen molar-refractivity contribution in [3.8, 4) is 0 Å². The highest BCUT2D eigenvalue weighted by Gasteiger charge is 2.15. The Bertz CT molecular complexity index is 235. The molecule has 0 aromatic heterocycles. The molecule has 60 valence electrons. The normalized spacial score (nSPS) is 11.6. The van der Waals surface area contributed by atoms with E-state index in [2.05, 4.69) is 15.9 Å². The van der Waals surface area contributed by atoms with Gasteiger partial charge in [0.1, 0.15) is 4.57 Å². The highest BCUT2D eigenvalue weighted by molar-refractivity contribution is 9.09. The fourth-order valence-corrected chi connectivity index (χ4v) is 1.07. The van der Waals surface area contributed by atoms with Gasteiger partial charge >= 0.3 is 0 Å². The van der Waals surface area contributed by atoms with E-state index >= 15 is 0 Å². The molecule has 0 aliphatic rings. The van der Waals surface area contributed by atoms with Gasteiger partial charge in [-0.1, -0.05) is 29.8 Å². The van der Waals surface area contributed by atoms with Crippen molar-refractivity contribution < 1.29 is 0 Å². The average Bonchev–Trinajstić information content (AvgIpc) is 1.86. The van der Waals surface area contributed by atoms with Crippen LogP contribution in [0.3, 0.4) is 0 Å². The van der Waals surface area contributed by atoms with Gasteiger partial charge in [-0.3, -0.25) is 0 Å². The topological polar surface area (TPSA) is 52.0 Å². The molecule has 0 saturated carbocycles.